The zero-order valence-corrected chi connectivity index (χ0v) is 8.96. The zero-order chi connectivity index (χ0) is 12.3. The molecule has 7 heteroatoms. The number of carbonyl (C=O) groups excluding carboxylic acids is 4. The van der Waals surface area contributed by atoms with Crippen LogP contribution in [0.5, 0.6) is 0 Å². The molecule has 4 amide bonds. The molecule has 16 heavy (non-hydrogen) atoms. The van der Waals surface area contributed by atoms with E-state index in [2.05, 4.69) is 10.1 Å². The Kier molecular flexibility index (Phi) is 3.26. The van der Waals surface area contributed by atoms with Gasteiger partial charge in [-0.3, -0.25) is 25.0 Å². The molecule has 0 aromatic carbocycles. The Labute approximate surface area is 91.5 Å². The maximum atomic E-state index is 10.6. The highest BCUT2D eigenvalue weighted by molar-refractivity contribution is 6.02. The largest absolute Gasteiger partial charge is 0.433 e. The number of cyclic esters (lactones) is 1. The molecule has 88 valence electrons. The van der Waals surface area contributed by atoms with Crippen LogP contribution in [-0.4, -0.2) is 29.4 Å². The van der Waals surface area contributed by atoms with Crippen molar-refractivity contribution in [3.63, 3.8) is 0 Å². The SMILES string of the molecule is CC1(C)OC(=O)NC1=O.O=C1CCC(=O)N1. The first-order chi connectivity index (χ1) is 7.31. The van der Waals surface area contributed by atoms with Crippen LogP contribution in [0, 0.1) is 0 Å². The van der Waals surface area contributed by atoms with E-state index in [9.17, 15) is 19.2 Å². The summed E-state index contributed by atoms with van der Waals surface area (Å²) in [4.78, 5) is 41.2. The summed E-state index contributed by atoms with van der Waals surface area (Å²) < 4.78 is 4.56. The van der Waals surface area contributed by atoms with Crippen LogP contribution in [0.3, 0.4) is 0 Å². The Balaban J connectivity index is 0.000000165. The van der Waals surface area contributed by atoms with Crippen LogP contribution >= 0.6 is 0 Å². The zero-order valence-electron chi connectivity index (χ0n) is 8.96. The molecule has 0 unspecified atom stereocenters. The third kappa shape index (κ3) is 3.04. The monoisotopic (exact) mass is 228 g/mol. The average Bonchev–Trinajstić information content (AvgIpc) is 2.58. The lowest BCUT2D eigenvalue weighted by Gasteiger charge is -2.09. The minimum absolute atomic E-state index is 0.148. The fraction of sp³-hybridized carbons (Fsp3) is 0.556. The smallest absolute Gasteiger partial charge is 0.415 e. The van der Waals surface area contributed by atoms with E-state index in [4.69, 9.17) is 0 Å². The average molecular weight is 228 g/mol. The predicted molar refractivity (Wildman–Crippen MR) is 51.1 cm³/mol. The molecule has 2 heterocycles. The summed E-state index contributed by atoms with van der Waals surface area (Å²) >= 11 is 0. The molecule has 0 saturated carbocycles. The van der Waals surface area contributed by atoms with Crippen LogP contribution in [-0.2, 0) is 19.1 Å². The Morgan fingerprint density at radius 3 is 1.62 bits per heavy atom. The Hall–Kier alpha value is -1.92. The maximum absolute atomic E-state index is 10.6. The van der Waals surface area contributed by atoms with Crippen LogP contribution in [0.15, 0.2) is 0 Å². The summed E-state index contributed by atoms with van der Waals surface area (Å²) in [5, 5.41) is 4.15. The van der Waals surface area contributed by atoms with Crippen molar-refractivity contribution in [2.24, 2.45) is 0 Å². The number of alkyl carbamates (subject to hydrolysis) is 1. The summed E-state index contributed by atoms with van der Waals surface area (Å²) in [7, 11) is 0. The first kappa shape index (κ1) is 12.2. The standard InChI is InChI=1S/C5H7NO3.C4H5NO2/c1-5(2)3(7)6-4(8)9-5;6-3-1-2-4(7)5-3/h1-2H3,(H,6,7,8);1-2H2,(H,5,6,7). The van der Waals surface area contributed by atoms with Crippen LogP contribution in [0.25, 0.3) is 0 Å². The fourth-order valence-electron chi connectivity index (χ4n) is 1.05. The second-order valence-corrected chi connectivity index (χ2v) is 3.83. The molecule has 2 fully saturated rings. The van der Waals surface area contributed by atoms with E-state index in [1.165, 1.54) is 13.8 Å². The summed E-state index contributed by atoms with van der Waals surface area (Å²) in [5.41, 5.74) is -0.975. The van der Waals surface area contributed by atoms with Crippen molar-refractivity contribution in [3.8, 4) is 0 Å². The molecule has 0 radical (unpaired) electrons. The van der Waals surface area contributed by atoms with Gasteiger partial charge in [0.2, 0.25) is 11.8 Å². The predicted octanol–water partition coefficient (Wildman–Crippen LogP) is -0.546. The van der Waals surface area contributed by atoms with Crippen LogP contribution in [0.2, 0.25) is 0 Å². The molecule has 0 spiro atoms. The third-order valence-electron chi connectivity index (χ3n) is 1.97. The quantitative estimate of drug-likeness (QED) is 0.542. The lowest BCUT2D eigenvalue weighted by molar-refractivity contribution is -0.128. The topological polar surface area (TPSA) is 102 Å². The normalized spacial score (nSPS) is 21.9. The summed E-state index contributed by atoms with van der Waals surface area (Å²) in [6.45, 7) is 3.07. The first-order valence-corrected chi connectivity index (χ1v) is 4.68. The Morgan fingerprint density at radius 2 is 1.50 bits per heavy atom. The summed E-state index contributed by atoms with van der Waals surface area (Å²) in [5.74, 6) is -0.678. The number of hydrogen-bond acceptors (Lipinski definition) is 5. The number of nitrogens with one attached hydrogen (secondary N) is 2. The second kappa shape index (κ2) is 4.30. The molecule has 0 aromatic rings. The highest BCUT2D eigenvalue weighted by Gasteiger charge is 2.39. The minimum atomic E-state index is -0.975. The van der Waals surface area contributed by atoms with Gasteiger partial charge in [-0.1, -0.05) is 0 Å². The number of carbonyl (C=O) groups is 4. The lowest BCUT2D eigenvalue weighted by atomic mass is 10.1. The Morgan fingerprint density at radius 1 is 1.00 bits per heavy atom. The van der Waals surface area contributed by atoms with E-state index < -0.39 is 11.7 Å². The van der Waals surface area contributed by atoms with Gasteiger partial charge in [-0.05, 0) is 13.8 Å². The number of ether oxygens (including phenoxy) is 1. The van der Waals surface area contributed by atoms with E-state index in [0.717, 1.165) is 0 Å². The van der Waals surface area contributed by atoms with Gasteiger partial charge in [0.1, 0.15) is 0 Å². The van der Waals surface area contributed by atoms with Crippen molar-refractivity contribution >= 4 is 23.8 Å². The first-order valence-electron chi connectivity index (χ1n) is 4.68. The molecule has 0 aliphatic carbocycles. The number of amides is 4. The van der Waals surface area contributed by atoms with Gasteiger partial charge < -0.3 is 4.74 Å². The highest BCUT2D eigenvalue weighted by atomic mass is 16.6. The molecule has 2 saturated heterocycles. The molecule has 0 bridgehead atoms. The molecular formula is C9H12N2O5. The highest BCUT2D eigenvalue weighted by Crippen LogP contribution is 2.14. The van der Waals surface area contributed by atoms with Crippen molar-refractivity contribution in [2.45, 2.75) is 32.3 Å². The molecule has 7 nitrogen and oxygen atoms in total. The molecule has 2 aliphatic rings. The number of rotatable bonds is 0. The maximum Gasteiger partial charge on any atom is 0.415 e. The van der Waals surface area contributed by atoms with Crippen molar-refractivity contribution in [3.05, 3.63) is 0 Å². The van der Waals surface area contributed by atoms with Crippen molar-refractivity contribution in [2.75, 3.05) is 0 Å². The van der Waals surface area contributed by atoms with Crippen molar-refractivity contribution < 1.29 is 23.9 Å². The molecule has 2 rings (SSSR count). The number of imide groups is 2. The molecule has 2 aliphatic heterocycles. The van der Waals surface area contributed by atoms with Gasteiger partial charge in [0.05, 0.1) is 0 Å². The van der Waals surface area contributed by atoms with Crippen LogP contribution in [0.4, 0.5) is 4.79 Å². The van der Waals surface area contributed by atoms with Gasteiger partial charge in [-0.2, -0.15) is 0 Å². The van der Waals surface area contributed by atoms with E-state index in [-0.39, 0.29) is 17.7 Å². The van der Waals surface area contributed by atoms with Gasteiger partial charge in [0.15, 0.2) is 5.60 Å². The van der Waals surface area contributed by atoms with E-state index in [1.54, 1.807) is 0 Å². The minimum Gasteiger partial charge on any atom is -0.433 e. The van der Waals surface area contributed by atoms with Gasteiger partial charge in [-0.25, -0.2) is 4.79 Å². The second-order valence-electron chi connectivity index (χ2n) is 3.83. The number of hydrogen-bond donors (Lipinski definition) is 2. The van der Waals surface area contributed by atoms with Crippen molar-refractivity contribution in [1.29, 1.82) is 0 Å². The third-order valence-corrected chi connectivity index (χ3v) is 1.97. The van der Waals surface area contributed by atoms with E-state index >= 15 is 0 Å². The molecular weight excluding hydrogens is 216 g/mol. The Bertz CT molecular complexity index is 347. The van der Waals surface area contributed by atoms with Gasteiger partial charge in [-0.15, -0.1) is 0 Å². The molecule has 0 atom stereocenters. The van der Waals surface area contributed by atoms with E-state index in [1.807, 2.05) is 5.32 Å². The van der Waals surface area contributed by atoms with Crippen LogP contribution in [0.1, 0.15) is 26.7 Å². The van der Waals surface area contributed by atoms with Gasteiger partial charge >= 0.3 is 6.09 Å². The summed E-state index contributed by atoms with van der Waals surface area (Å²) in [6.07, 6.45) is 0.0856. The van der Waals surface area contributed by atoms with Crippen molar-refractivity contribution in [1.82, 2.24) is 10.6 Å². The fourth-order valence-corrected chi connectivity index (χ4v) is 1.05. The summed E-state index contributed by atoms with van der Waals surface area (Å²) in [6, 6.07) is 0. The molecule has 0 aromatic heterocycles. The van der Waals surface area contributed by atoms with Crippen LogP contribution < -0.4 is 10.6 Å². The molecule has 2 N–H and O–H groups in total. The lowest BCUT2D eigenvalue weighted by Crippen LogP contribution is -2.32. The van der Waals surface area contributed by atoms with Gasteiger partial charge in [0.25, 0.3) is 5.91 Å². The van der Waals surface area contributed by atoms with Gasteiger partial charge in [0, 0.05) is 12.8 Å². The van der Waals surface area contributed by atoms with E-state index in [0.29, 0.717) is 12.8 Å².